The first kappa shape index (κ1) is 15.9. The molecule has 2 atom stereocenters. The summed E-state index contributed by atoms with van der Waals surface area (Å²) in [6.45, 7) is 0. The maximum absolute atomic E-state index is 12.9. The molecule has 0 spiro atoms. The van der Waals surface area contributed by atoms with Crippen LogP contribution in [-0.2, 0) is 4.79 Å². The average molecular weight is 342 g/mol. The van der Waals surface area contributed by atoms with E-state index in [1.165, 1.54) is 5.01 Å². The monoisotopic (exact) mass is 342 g/mol. The number of para-hydroxylation sites is 1. The van der Waals surface area contributed by atoms with Gasteiger partial charge in [-0.25, -0.2) is 0 Å². The summed E-state index contributed by atoms with van der Waals surface area (Å²) in [6, 6.07) is 19.9. The van der Waals surface area contributed by atoms with Crippen molar-refractivity contribution in [2.24, 2.45) is 11.0 Å². The van der Waals surface area contributed by atoms with E-state index in [1.807, 2.05) is 42.5 Å². The summed E-state index contributed by atoms with van der Waals surface area (Å²) in [7, 11) is 0. The van der Waals surface area contributed by atoms with Crippen molar-refractivity contribution in [1.82, 2.24) is 5.01 Å². The van der Waals surface area contributed by atoms with E-state index in [4.69, 9.17) is 4.74 Å². The fourth-order valence-corrected chi connectivity index (χ4v) is 3.58. The summed E-state index contributed by atoms with van der Waals surface area (Å²) in [6.07, 6.45) is 1.67. The Bertz CT molecular complexity index is 957. The molecule has 1 fully saturated rings. The van der Waals surface area contributed by atoms with Gasteiger partial charge in [0.2, 0.25) is 5.54 Å². The van der Waals surface area contributed by atoms with Crippen molar-refractivity contribution in [2.45, 2.75) is 18.0 Å². The van der Waals surface area contributed by atoms with Gasteiger partial charge >= 0.3 is 5.97 Å². The average Bonchev–Trinajstić information content (AvgIpc) is 3.04. The molecule has 6 heteroatoms. The zero-order chi connectivity index (χ0) is 18.1. The minimum atomic E-state index is -1.49. The fraction of sp³-hybridized carbons (Fsp3) is 0.200. The van der Waals surface area contributed by atoms with Crippen LogP contribution in [0.2, 0.25) is 0 Å². The van der Waals surface area contributed by atoms with E-state index >= 15 is 0 Å². The van der Waals surface area contributed by atoms with Crippen LogP contribution in [0.15, 0.2) is 59.7 Å². The standard InChI is InChI=1S/C20H14N4O2/c21-12-20(13-22)10-17(19(25)26-15-7-2-1-3-8-15)18-16-9-5-4-6-14(16)11-23-24(18)20/h1-9,11,17-18H,10H2/t17-,18?/m0/s1. The lowest BCUT2D eigenvalue weighted by Gasteiger charge is -2.33. The van der Waals surface area contributed by atoms with Crippen molar-refractivity contribution in [3.63, 3.8) is 0 Å². The van der Waals surface area contributed by atoms with Crippen LogP contribution in [0.25, 0.3) is 0 Å². The molecule has 1 saturated heterocycles. The van der Waals surface area contributed by atoms with Gasteiger partial charge in [0.1, 0.15) is 17.9 Å². The van der Waals surface area contributed by atoms with Gasteiger partial charge < -0.3 is 4.74 Å². The number of nitrogens with zero attached hydrogens (tertiary/aromatic N) is 4. The number of hydrogen-bond acceptors (Lipinski definition) is 6. The zero-order valence-corrected chi connectivity index (χ0v) is 13.7. The van der Waals surface area contributed by atoms with Crippen molar-refractivity contribution >= 4 is 12.2 Å². The van der Waals surface area contributed by atoms with E-state index in [-0.39, 0.29) is 6.42 Å². The number of benzene rings is 2. The summed E-state index contributed by atoms with van der Waals surface area (Å²) in [4.78, 5) is 12.9. The highest BCUT2D eigenvalue weighted by Gasteiger charge is 2.57. The Labute approximate surface area is 150 Å². The minimum absolute atomic E-state index is 0.0437. The quantitative estimate of drug-likeness (QED) is 0.618. The molecule has 2 heterocycles. The lowest BCUT2D eigenvalue weighted by Crippen LogP contribution is -2.40. The van der Waals surface area contributed by atoms with Crippen LogP contribution < -0.4 is 4.74 Å². The topological polar surface area (TPSA) is 89.5 Å². The maximum atomic E-state index is 12.9. The Kier molecular flexibility index (Phi) is 3.67. The first-order valence-corrected chi connectivity index (χ1v) is 8.20. The molecule has 2 aliphatic heterocycles. The van der Waals surface area contributed by atoms with Crippen LogP contribution in [0.3, 0.4) is 0 Å². The van der Waals surface area contributed by atoms with E-state index in [1.54, 1.807) is 30.5 Å². The fourth-order valence-electron chi connectivity index (χ4n) is 3.58. The van der Waals surface area contributed by atoms with Crippen LogP contribution in [0.5, 0.6) is 5.75 Å². The van der Waals surface area contributed by atoms with Gasteiger partial charge in [-0.2, -0.15) is 15.6 Å². The summed E-state index contributed by atoms with van der Waals surface area (Å²) < 4.78 is 5.51. The molecule has 0 radical (unpaired) electrons. The van der Waals surface area contributed by atoms with Gasteiger partial charge in [-0.15, -0.1) is 0 Å². The number of esters is 1. The first-order chi connectivity index (χ1) is 12.7. The Balaban J connectivity index is 1.75. The summed E-state index contributed by atoms with van der Waals surface area (Å²) in [5.41, 5.74) is 0.248. The number of hydrazone groups is 1. The van der Waals surface area contributed by atoms with Gasteiger partial charge in [-0.3, -0.25) is 9.80 Å². The molecule has 26 heavy (non-hydrogen) atoms. The lowest BCUT2D eigenvalue weighted by molar-refractivity contribution is -0.139. The number of fused-ring (bicyclic) bond motifs is 3. The van der Waals surface area contributed by atoms with Gasteiger partial charge in [-0.05, 0) is 23.3 Å². The number of ether oxygens (including phenoxy) is 1. The number of carbonyl (C=O) groups excluding carboxylic acids is 1. The Morgan fingerprint density at radius 1 is 1.12 bits per heavy atom. The van der Waals surface area contributed by atoms with Gasteiger partial charge in [0.15, 0.2) is 0 Å². The third-order valence-electron chi connectivity index (χ3n) is 4.82. The largest absolute Gasteiger partial charge is 0.426 e. The number of rotatable bonds is 2. The highest BCUT2D eigenvalue weighted by atomic mass is 16.5. The Morgan fingerprint density at radius 3 is 2.54 bits per heavy atom. The molecule has 2 aromatic carbocycles. The number of carbonyl (C=O) groups is 1. The minimum Gasteiger partial charge on any atom is -0.426 e. The van der Waals surface area contributed by atoms with E-state index in [9.17, 15) is 15.3 Å². The van der Waals surface area contributed by atoms with E-state index < -0.39 is 23.5 Å². The smallest absolute Gasteiger partial charge is 0.317 e. The van der Waals surface area contributed by atoms with Crippen LogP contribution in [0, 0.1) is 28.6 Å². The Hall–Kier alpha value is -3.64. The molecule has 6 nitrogen and oxygen atoms in total. The molecule has 0 bridgehead atoms. The molecule has 0 N–H and O–H groups in total. The van der Waals surface area contributed by atoms with Crippen molar-refractivity contribution in [3.05, 3.63) is 65.7 Å². The molecular weight excluding hydrogens is 328 g/mol. The van der Waals surface area contributed by atoms with E-state index in [0.29, 0.717) is 5.75 Å². The predicted molar refractivity (Wildman–Crippen MR) is 92.8 cm³/mol. The second-order valence-electron chi connectivity index (χ2n) is 6.29. The SMILES string of the molecule is N#CC1(C#N)C[C@H](C(=O)Oc2ccccc2)C2c3ccccc3C=NN21. The van der Waals surface area contributed by atoms with Crippen molar-refractivity contribution in [2.75, 3.05) is 0 Å². The molecule has 0 aliphatic carbocycles. The summed E-state index contributed by atoms with van der Waals surface area (Å²) in [5.74, 6) is -0.707. The highest BCUT2D eigenvalue weighted by Crippen LogP contribution is 2.49. The first-order valence-electron chi connectivity index (χ1n) is 8.20. The molecule has 0 amide bonds. The molecule has 0 aromatic heterocycles. The second kappa shape index (κ2) is 6.02. The number of nitriles is 2. The van der Waals surface area contributed by atoms with Gasteiger partial charge in [0, 0.05) is 6.42 Å². The van der Waals surface area contributed by atoms with Gasteiger partial charge in [0.25, 0.3) is 0 Å². The second-order valence-corrected chi connectivity index (χ2v) is 6.29. The lowest BCUT2D eigenvalue weighted by atomic mass is 9.88. The van der Waals surface area contributed by atoms with Crippen LogP contribution in [-0.4, -0.2) is 22.7 Å². The van der Waals surface area contributed by atoms with Crippen LogP contribution in [0.1, 0.15) is 23.6 Å². The number of hydrogen-bond donors (Lipinski definition) is 0. The summed E-state index contributed by atoms with van der Waals surface area (Å²) in [5, 5.41) is 25.1. The van der Waals surface area contributed by atoms with E-state index in [0.717, 1.165) is 11.1 Å². The molecule has 4 rings (SSSR count). The third-order valence-corrected chi connectivity index (χ3v) is 4.82. The van der Waals surface area contributed by atoms with Gasteiger partial charge in [0.05, 0.1) is 18.2 Å². The van der Waals surface area contributed by atoms with Crippen molar-refractivity contribution in [3.8, 4) is 17.9 Å². The van der Waals surface area contributed by atoms with E-state index in [2.05, 4.69) is 5.10 Å². The predicted octanol–water partition coefficient (Wildman–Crippen LogP) is 2.79. The molecule has 2 aromatic rings. The molecule has 0 saturated carbocycles. The molecule has 2 aliphatic rings. The summed E-state index contributed by atoms with van der Waals surface area (Å²) >= 11 is 0. The van der Waals surface area contributed by atoms with Gasteiger partial charge in [-0.1, -0.05) is 42.5 Å². The maximum Gasteiger partial charge on any atom is 0.317 e. The third kappa shape index (κ3) is 2.32. The van der Waals surface area contributed by atoms with Crippen LogP contribution >= 0.6 is 0 Å². The molecular formula is C20H14N4O2. The van der Waals surface area contributed by atoms with Crippen LogP contribution in [0.4, 0.5) is 0 Å². The van der Waals surface area contributed by atoms with Crippen molar-refractivity contribution in [1.29, 1.82) is 10.5 Å². The molecule has 1 unspecified atom stereocenters. The Morgan fingerprint density at radius 2 is 1.81 bits per heavy atom. The zero-order valence-electron chi connectivity index (χ0n) is 13.7. The van der Waals surface area contributed by atoms with Crippen molar-refractivity contribution < 1.29 is 9.53 Å². The highest BCUT2D eigenvalue weighted by molar-refractivity contribution is 5.85. The normalized spacial score (nSPS) is 21.8. The molecule has 126 valence electrons.